The number of fused-ring (bicyclic) bond motifs is 2. The molecular formula is C27H47N7O7S. The Bertz CT molecular complexity index is 1190. The van der Waals surface area contributed by atoms with E-state index in [4.69, 9.17) is 9.47 Å². The fourth-order valence-corrected chi connectivity index (χ4v) is 6.23. The third-order valence-electron chi connectivity index (χ3n) is 7.61. The van der Waals surface area contributed by atoms with Gasteiger partial charge < -0.3 is 20.1 Å². The Balaban J connectivity index is 1.29. The molecule has 1 aromatic heterocycles. The van der Waals surface area contributed by atoms with Gasteiger partial charge in [0.05, 0.1) is 18.0 Å². The molecule has 2 aliphatic carbocycles. The number of hydrogen-bond acceptors (Lipinski definition) is 9. The van der Waals surface area contributed by atoms with E-state index in [0.717, 1.165) is 31.4 Å². The number of amides is 3. The second-order valence-electron chi connectivity index (χ2n) is 12.0. The summed E-state index contributed by atoms with van der Waals surface area (Å²) in [5.41, 5.74) is 2.23. The van der Waals surface area contributed by atoms with Gasteiger partial charge in [0.15, 0.2) is 0 Å². The van der Waals surface area contributed by atoms with Crippen LogP contribution in [-0.4, -0.2) is 79.8 Å². The normalized spacial score (nSPS) is 20.7. The summed E-state index contributed by atoms with van der Waals surface area (Å²) in [7, 11) is -4.11. The lowest BCUT2D eigenvalue weighted by molar-refractivity contribution is -0.132. The first kappa shape index (κ1) is 33.7. The van der Waals surface area contributed by atoms with Crippen LogP contribution in [0.2, 0.25) is 0 Å². The van der Waals surface area contributed by atoms with Crippen LogP contribution in [0.5, 0.6) is 0 Å². The minimum absolute atomic E-state index is 0.00911. The van der Waals surface area contributed by atoms with Crippen molar-refractivity contribution in [2.75, 3.05) is 26.4 Å². The molecule has 3 amide bonds. The summed E-state index contributed by atoms with van der Waals surface area (Å²) in [5, 5.41) is 14.1. The number of ether oxygens (including phenoxy) is 2. The topological polar surface area (TPSA) is 183 Å². The molecular weight excluding hydrogens is 566 g/mol. The van der Waals surface area contributed by atoms with E-state index >= 15 is 0 Å². The van der Waals surface area contributed by atoms with Crippen LogP contribution in [0.3, 0.4) is 0 Å². The Morgan fingerprint density at radius 1 is 1.02 bits per heavy atom. The fraction of sp³-hybridized carbons (Fsp3) is 0.815. The number of carbonyl (C=O) groups excluding carboxylic acids is 3. The number of rotatable bonds is 15. The number of aryl methyl sites for hydroxylation is 1. The number of hydrogen-bond donors (Lipinski definition) is 4. The van der Waals surface area contributed by atoms with Crippen LogP contribution in [0.15, 0.2) is 0 Å². The second-order valence-corrected chi connectivity index (χ2v) is 13.5. The second kappa shape index (κ2) is 15.1. The van der Waals surface area contributed by atoms with Gasteiger partial charge in [-0.15, -0.1) is 5.10 Å². The lowest BCUT2D eigenvalue weighted by atomic mass is 10.0. The van der Waals surface area contributed by atoms with Gasteiger partial charge in [-0.05, 0) is 83.5 Å². The largest absolute Gasteiger partial charge is 0.449 e. The summed E-state index contributed by atoms with van der Waals surface area (Å²) >= 11 is 0. The van der Waals surface area contributed by atoms with Crippen LogP contribution in [0, 0.1) is 23.7 Å². The average Bonchev–Trinajstić information content (AvgIpc) is 3.36. The van der Waals surface area contributed by atoms with Crippen LogP contribution in [-0.2, 0) is 42.1 Å². The molecule has 1 fully saturated rings. The highest BCUT2D eigenvalue weighted by Gasteiger charge is 2.50. The minimum Gasteiger partial charge on any atom is -0.449 e. The van der Waals surface area contributed by atoms with E-state index in [0.29, 0.717) is 11.8 Å². The van der Waals surface area contributed by atoms with E-state index in [2.05, 4.69) is 39.5 Å². The predicted molar refractivity (Wildman–Crippen MR) is 154 cm³/mol. The molecule has 4 N–H and O–H groups in total. The number of aromatic nitrogens is 3. The number of nitrogens with zero attached hydrogens (tertiary/aromatic N) is 3. The van der Waals surface area contributed by atoms with E-state index in [1.165, 1.54) is 5.69 Å². The highest BCUT2D eigenvalue weighted by molar-refractivity contribution is 7.88. The summed E-state index contributed by atoms with van der Waals surface area (Å²) in [5.74, 6) is 0.271. The first-order valence-electron chi connectivity index (χ1n) is 14.8. The predicted octanol–water partition coefficient (Wildman–Crippen LogP) is 1.23. The zero-order valence-electron chi connectivity index (χ0n) is 25.5. The van der Waals surface area contributed by atoms with E-state index in [-0.39, 0.29) is 62.6 Å². The van der Waals surface area contributed by atoms with Gasteiger partial charge in [-0.25, -0.2) is 14.2 Å². The summed E-state index contributed by atoms with van der Waals surface area (Å²) in [4.78, 5) is 36.6. The van der Waals surface area contributed by atoms with Gasteiger partial charge in [-0.2, -0.15) is 13.1 Å². The molecule has 1 aromatic rings. The summed E-state index contributed by atoms with van der Waals surface area (Å²) in [6, 6.07) is -0.478. The Hall–Kier alpha value is -2.78. The van der Waals surface area contributed by atoms with Crippen molar-refractivity contribution in [3.8, 4) is 0 Å². The maximum absolute atomic E-state index is 12.3. The molecule has 0 saturated heterocycles. The summed E-state index contributed by atoms with van der Waals surface area (Å²) < 4.78 is 41.1. The van der Waals surface area contributed by atoms with Crippen molar-refractivity contribution < 1.29 is 32.3 Å². The monoisotopic (exact) mass is 613 g/mol. The average molecular weight is 614 g/mol. The number of carbonyl (C=O) groups is 3. The van der Waals surface area contributed by atoms with Crippen molar-refractivity contribution in [2.45, 2.75) is 91.8 Å². The zero-order chi connectivity index (χ0) is 31.0. The molecule has 2 aliphatic rings. The quantitative estimate of drug-likeness (QED) is 0.211. The molecule has 0 radical (unpaired) electrons. The van der Waals surface area contributed by atoms with Gasteiger partial charge in [0.1, 0.15) is 12.6 Å². The van der Waals surface area contributed by atoms with Crippen molar-refractivity contribution in [3.05, 3.63) is 11.4 Å². The minimum atomic E-state index is -4.11. The van der Waals surface area contributed by atoms with Crippen LogP contribution in [0.25, 0.3) is 0 Å². The van der Waals surface area contributed by atoms with Gasteiger partial charge >= 0.3 is 16.3 Å². The van der Waals surface area contributed by atoms with Crippen molar-refractivity contribution in [1.82, 2.24) is 35.1 Å². The van der Waals surface area contributed by atoms with Crippen LogP contribution < -0.4 is 20.1 Å². The van der Waals surface area contributed by atoms with E-state index in [9.17, 15) is 22.8 Å². The molecule has 14 nitrogen and oxygen atoms in total. The molecule has 0 spiro atoms. The van der Waals surface area contributed by atoms with Gasteiger partial charge in [0, 0.05) is 25.2 Å². The molecule has 15 heteroatoms. The van der Waals surface area contributed by atoms with Crippen LogP contribution in [0.4, 0.5) is 4.79 Å². The Morgan fingerprint density at radius 2 is 1.71 bits per heavy atom. The Labute approximate surface area is 248 Å². The van der Waals surface area contributed by atoms with Gasteiger partial charge in [0.25, 0.3) is 0 Å². The number of nitrogens with one attached hydrogen (secondary N) is 4. The molecule has 4 atom stereocenters. The molecule has 238 valence electrons. The van der Waals surface area contributed by atoms with Gasteiger partial charge in [-0.1, -0.05) is 19.1 Å². The van der Waals surface area contributed by atoms with Crippen LogP contribution >= 0.6 is 0 Å². The third-order valence-corrected chi connectivity index (χ3v) is 8.63. The van der Waals surface area contributed by atoms with Gasteiger partial charge in [0.2, 0.25) is 11.8 Å². The lowest BCUT2D eigenvalue weighted by Gasteiger charge is -2.22. The maximum atomic E-state index is 12.3. The smallest absolute Gasteiger partial charge is 0.421 e. The third kappa shape index (κ3) is 9.90. The van der Waals surface area contributed by atoms with Crippen molar-refractivity contribution in [2.24, 2.45) is 23.7 Å². The first-order chi connectivity index (χ1) is 19.8. The molecule has 0 aliphatic heterocycles. The first-order valence-corrected chi connectivity index (χ1v) is 16.3. The van der Waals surface area contributed by atoms with Crippen molar-refractivity contribution in [3.63, 3.8) is 0 Å². The summed E-state index contributed by atoms with van der Waals surface area (Å²) in [6.07, 6.45) is 2.87. The summed E-state index contributed by atoms with van der Waals surface area (Å²) in [6.45, 7) is 11.5. The molecule has 0 unspecified atom stereocenters. The lowest BCUT2D eigenvalue weighted by Crippen LogP contribution is -2.52. The fourth-order valence-electron chi connectivity index (χ4n) is 5.47. The highest BCUT2D eigenvalue weighted by atomic mass is 32.2. The zero-order valence-corrected chi connectivity index (χ0v) is 26.3. The molecule has 1 saturated carbocycles. The molecule has 0 bridgehead atoms. The molecule has 1 heterocycles. The Kier molecular flexibility index (Phi) is 12.1. The Morgan fingerprint density at radius 3 is 2.36 bits per heavy atom. The van der Waals surface area contributed by atoms with E-state index < -0.39 is 28.3 Å². The maximum Gasteiger partial charge on any atom is 0.421 e. The van der Waals surface area contributed by atoms with Crippen LogP contribution in [0.1, 0.15) is 78.2 Å². The standard InChI is InChI=1S/C27H47N7O7S/c1-16(2)25(26(36)29-17(3)4)30-24(35)15-40-13-7-12-28-42(38,39)32-27(37)41-14-21-19-8-10-22-23(11-9-20(19)21)34(18(5)6)33-31-22/h16-21,25,28H,7-15H2,1-6H3,(H,29,36)(H,30,35)(H,32,37)/t19-,20+,21-,25-/m0/s1. The van der Waals surface area contributed by atoms with Crippen molar-refractivity contribution in [1.29, 1.82) is 0 Å². The molecule has 42 heavy (non-hydrogen) atoms. The van der Waals surface area contributed by atoms with E-state index in [1.54, 1.807) is 0 Å². The van der Waals surface area contributed by atoms with Crippen molar-refractivity contribution >= 4 is 28.1 Å². The molecule has 0 aromatic carbocycles. The van der Waals surface area contributed by atoms with Gasteiger partial charge in [-0.3, -0.25) is 9.59 Å². The highest BCUT2D eigenvalue weighted by Crippen LogP contribution is 2.53. The SMILES string of the molecule is CC(C)NC(=O)[C@@H](NC(=O)COCCCNS(=O)(=O)NC(=O)OC[C@@H]1[C@@H]2CCc3c(nnn3C(C)C)CC[C@@H]21)C(C)C. The van der Waals surface area contributed by atoms with E-state index in [1.807, 2.05) is 37.1 Å². The molecule has 3 rings (SSSR count).